The number of nitrogens with zero attached hydrogens (tertiary/aromatic N) is 1. The monoisotopic (exact) mass is 264 g/mol. The van der Waals surface area contributed by atoms with Gasteiger partial charge in [-0.2, -0.15) is 0 Å². The molecule has 0 fully saturated rings. The van der Waals surface area contributed by atoms with E-state index in [-0.39, 0.29) is 0 Å². The van der Waals surface area contributed by atoms with Crippen LogP contribution < -0.4 is 5.73 Å². The number of fused-ring (bicyclic) bond motifs is 1. The highest BCUT2D eigenvalue weighted by molar-refractivity contribution is 5.81. The predicted octanol–water partition coefficient (Wildman–Crippen LogP) is 3.77. The van der Waals surface area contributed by atoms with Gasteiger partial charge in [-0.3, -0.25) is 0 Å². The van der Waals surface area contributed by atoms with Crippen LogP contribution in [-0.2, 0) is 13.1 Å². The Labute approximate surface area is 119 Å². The molecule has 0 atom stereocenters. The topological polar surface area (TPSA) is 30.9 Å². The van der Waals surface area contributed by atoms with E-state index < -0.39 is 0 Å². The summed E-state index contributed by atoms with van der Waals surface area (Å²) in [6.07, 6.45) is 2.16. The van der Waals surface area contributed by atoms with Gasteiger partial charge in [0.2, 0.25) is 0 Å². The quantitative estimate of drug-likeness (QED) is 0.767. The van der Waals surface area contributed by atoms with Gasteiger partial charge in [-0.1, -0.05) is 35.4 Å². The molecule has 2 nitrogen and oxygen atoms in total. The van der Waals surface area contributed by atoms with Gasteiger partial charge in [-0.05, 0) is 48.6 Å². The highest BCUT2D eigenvalue weighted by Crippen LogP contribution is 2.19. The Morgan fingerprint density at radius 2 is 1.65 bits per heavy atom. The molecule has 2 N–H and O–H groups in total. The molecule has 20 heavy (non-hydrogen) atoms. The SMILES string of the molecule is Cc1cc(C)cc(Cn2ccc3cc(CN)ccc32)c1. The Balaban J connectivity index is 1.98. The summed E-state index contributed by atoms with van der Waals surface area (Å²) in [6.45, 7) is 5.81. The summed E-state index contributed by atoms with van der Waals surface area (Å²) in [6, 6.07) is 15.3. The van der Waals surface area contributed by atoms with Crippen molar-refractivity contribution in [1.29, 1.82) is 0 Å². The van der Waals surface area contributed by atoms with Crippen LogP contribution in [0.4, 0.5) is 0 Å². The van der Waals surface area contributed by atoms with Gasteiger partial charge < -0.3 is 10.3 Å². The third-order valence-electron chi connectivity index (χ3n) is 3.71. The molecule has 0 radical (unpaired) electrons. The van der Waals surface area contributed by atoms with Crippen LogP contribution in [0, 0.1) is 13.8 Å². The van der Waals surface area contributed by atoms with Crippen molar-refractivity contribution in [3.8, 4) is 0 Å². The maximum atomic E-state index is 5.70. The van der Waals surface area contributed by atoms with Crippen LogP contribution in [-0.4, -0.2) is 4.57 Å². The van der Waals surface area contributed by atoms with Crippen molar-refractivity contribution in [2.24, 2.45) is 5.73 Å². The zero-order valence-electron chi connectivity index (χ0n) is 12.1. The van der Waals surface area contributed by atoms with Gasteiger partial charge in [0.15, 0.2) is 0 Å². The summed E-state index contributed by atoms with van der Waals surface area (Å²) >= 11 is 0. The van der Waals surface area contributed by atoms with Crippen LogP contribution in [0.2, 0.25) is 0 Å². The van der Waals surface area contributed by atoms with Crippen molar-refractivity contribution in [3.63, 3.8) is 0 Å². The third-order valence-corrected chi connectivity index (χ3v) is 3.71. The summed E-state index contributed by atoms with van der Waals surface area (Å²) in [5.74, 6) is 0. The molecule has 0 spiro atoms. The van der Waals surface area contributed by atoms with Gasteiger partial charge in [-0.25, -0.2) is 0 Å². The van der Waals surface area contributed by atoms with E-state index in [4.69, 9.17) is 5.73 Å². The summed E-state index contributed by atoms with van der Waals surface area (Å²) in [5.41, 5.74) is 12.1. The molecule has 0 aliphatic rings. The first kappa shape index (κ1) is 12.9. The molecule has 1 aromatic heterocycles. The van der Waals surface area contributed by atoms with Gasteiger partial charge in [-0.15, -0.1) is 0 Å². The van der Waals surface area contributed by atoms with Crippen LogP contribution in [0.5, 0.6) is 0 Å². The molecule has 1 heterocycles. The van der Waals surface area contributed by atoms with Gasteiger partial charge >= 0.3 is 0 Å². The zero-order valence-corrected chi connectivity index (χ0v) is 12.1. The van der Waals surface area contributed by atoms with Crippen molar-refractivity contribution < 1.29 is 0 Å². The van der Waals surface area contributed by atoms with E-state index in [1.54, 1.807) is 0 Å². The lowest BCUT2D eigenvalue weighted by Gasteiger charge is -2.08. The molecular weight excluding hydrogens is 244 g/mol. The Bertz CT molecular complexity index is 733. The Morgan fingerprint density at radius 3 is 2.35 bits per heavy atom. The van der Waals surface area contributed by atoms with Crippen molar-refractivity contribution in [2.75, 3.05) is 0 Å². The number of aryl methyl sites for hydroxylation is 2. The van der Waals surface area contributed by atoms with Crippen molar-refractivity contribution in [2.45, 2.75) is 26.9 Å². The van der Waals surface area contributed by atoms with E-state index in [0.717, 1.165) is 6.54 Å². The van der Waals surface area contributed by atoms with Crippen LogP contribution in [0.3, 0.4) is 0 Å². The lowest BCUT2D eigenvalue weighted by Crippen LogP contribution is -1.99. The van der Waals surface area contributed by atoms with E-state index in [1.165, 1.54) is 33.2 Å². The number of nitrogens with two attached hydrogens (primary N) is 1. The molecular formula is C18H20N2. The van der Waals surface area contributed by atoms with Crippen molar-refractivity contribution >= 4 is 10.9 Å². The van der Waals surface area contributed by atoms with Crippen molar-refractivity contribution in [1.82, 2.24) is 4.57 Å². The molecule has 2 heteroatoms. The minimum absolute atomic E-state index is 0.595. The van der Waals surface area contributed by atoms with Gasteiger partial charge in [0.25, 0.3) is 0 Å². The number of hydrogen-bond donors (Lipinski definition) is 1. The first-order valence-electron chi connectivity index (χ1n) is 7.01. The van der Waals surface area contributed by atoms with E-state index >= 15 is 0 Å². The van der Waals surface area contributed by atoms with E-state index in [0.29, 0.717) is 6.54 Å². The van der Waals surface area contributed by atoms with Crippen LogP contribution >= 0.6 is 0 Å². The fourth-order valence-electron chi connectivity index (χ4n) is 2.87. The highest BCUT2D eigenvalue weighted by Gasteiger charge is 2.03. The minimum atomic E-state index is 0.595. The Hall–Kier alpha value is -2.06. The normalized spacial score (nSPS) is 11.2. The maximum Gasteiger partial charge on any atom is 0.0483 e. The molecule has 0 amide bonds. The van der Waals surface area contributed by atoms with Crippen molar-refractivity contribution in [3.05, 3.63) is 70.9 Å². The summed E-state index contributed by atoms with van der Waals surface area (Å²) < 4.78 is 2.30. The summed E-state index contributed by atoms with van der Waals surface area (Å²) in [5, 5.41) is 1.26. The van der Waals surface area contributed by atoms with Gasteiger partial charge in [0.1, 0.15) is 0 Å². The molecule has 3 aromatic rings. The third kappa shape index (κ3) is 2.47. The molecule has 0 aliphatic heterocycles. The largest absolute Gasteiger partial charge is 0.343 e. The molecule has 2 aromatic carbocycles. The fourth-order valence-corrected chi connectivity index (χ4v) is 2.87. The second-order valence-corrected chi connectivity index (χ2v) is 5.54. The van der Waals surface area contributed by atoms with Crippen LogP contribution in [0.1, 0.15) is 22.3 Å². The molecule has 0 bridgehead atoms. The second kappa shape index (κ2) is 5.14. The number of aromatic nitrogens is 1. The number of rotatable bonds is 3. The maximum absolute atomic E-state index is 5.70. The predicted molar refractivity (Wildman–Crippen MR) is 84.8 cm³/mol. The van der Waals surface area contributed by atoms with E-state index in [1.807, 2.05) is 0 Å². The van der Waals surface area contributed by atoms with Crippen LogP contribution in [0.25, 0.3) is 10.9 Å². The average molecular weight is 264 g/mol. The Kier molecular flexibility index (Phi) is 3.33. The summed E-state index contributed by atoms with van der Waals surface area (Å²) in [7, 11) is 0. The fraction of sp³-hybridized carbons (Fsp3) is 0.222. The standard InChI is InChI=1S/C18H20N2/c1-13-7-14(2)9-16(8-13)12-20-6-5-17-10-15(11-19)3-4-18(17)20/h3-10H,11-12,19H2,1-2H3. The molecule has 0 aliphatic carbocycles. The highest BCUT2D eigenvalue weighted by atomic mass is 14.9. The molecule has 102 valence electrons. The number of hydrogen-bond acceptors (Lipinski definition) is 1. The van der Waals surface area contributed by atoms with Gasteiger partial charge in [0.05, 0.1) is 0 Å². The smallest absolute Gasteiger partial charge is 0.0483 e. The number of benzene rings is 2. The van der Waals surface area contributed by atoms with E-state index in [2.05, 4.69) is 67.1 Å². The molecule has 0 saturated heterocycles. The molecule has 0 unspecified atom stereocenters. The molecule has 0 saturated carbocycles. The first-order valence-corrected chi connectivity index (χ1v) is 7.01. The molecule has 3 rings (SSSR count). The van der Waals surface area contributed by atoms with Gasteiger partial charge in [0, 0.05) is 24.8 Å². The zero-order chi connectivity index (χ0) is 14.1. The minimum Gasteiger partial charge on any atom is -0.343 e. The lowest BCUT2D eigenvalue weighted by atomic mass is 10.1. The lowest BCUT2D eigenvalue weighted by molar-refractivity contribution is 0.834. The second-order valence-electron chi connectivity index (χ2n) is 5.54. The Morgan fingerprint density at radius 1 is 0.900 bits per heavy atom. The first-order chi connectivity index (χ1) is 9.65. The average Bonchev–Trinajstić information content (AvgIpc) is 2.80. The van der Waals surface area contributed by atoms with E-state index in [9.17, 15) is 0 Å². The van der Waals surface area contributed by atoms with Crippen LogP contribution in [0.15, 0.2) is 48.7 Å². The summed E-state index contributed by atoms with van der Waals surface area (Å²) in [4.78, 5) is 0.